The van der Waals surface area contributed by atoms with Crippen molar-refractivity contribution in [1.82, 2.24) is 0 Å². The largest absolute Gasteiger partial charge is 0.506 e. The summed E-state index contributed by atoms with van der Waals surface area (Å²) in [4.78, 5) is 0. The maximum atomic E-state index is 9.24. The van der Waals surface area contributed by atoms with Crippen molar-refractivity contribution in [1.29, 1.82) is 0 Å². The van der Waals surface area contributed by atoms with Crippen molar-refractivity contribution in [3.63, 3.8) is 0 Å². The smallest absolute Gasteiger partial charge is 0.139 e. The zero-order valence-electron chi connectivity index (χ0n) is 7.05. The Labute approximate surface area is 82.3 Å². The predicted octanol–water partition coefficient (Wildman–Crippen LogP) is 1.95. The number of alkyl halides is 1. The van der Waals surface area contributed by atoms with E-state index < -0.39 is 0 Å². The molecule has 2 nitrogen and oxygen atoms in total. The van der Waals surface area contributed by atoms with E-state index in [1.165, 1.54) is 6.07 Å². The second-order valence-electron chi connectivity index (χ2n) is 2.51. The highest BCUT2D eigenvalue weighted by atomic mass is 35.5. The summed E-state index contributed by atoms with van der Waals surface area (Å²) in [5, 5.41) is 9.24. The average Bonchev–Trinajstić information content (AvgIpc) is 2.12. The first-order valence-corrected chi connectivity index (χ1v) is 4.41. The van der Waals surface area contributed by atoms with Crippen LogP contribution in [0.5, 0.6) is 5.75 Å². The number of phenols is 1. The van der Waals surface area contributed by atoms with Crippen LogP contribution in [0, 0.1) is 11.8 Å². The van der Waals surface area contributed by atoms with Crippen LogP contribution < -0.4 is 5.73 Å². The summed E-state index contributed by atoms with van der Waals surface area (Å²) in [5.41, 5.74) is 6.54. The van der Waals surface area contributed by atoms with Gasteiger partial charge in [-0.15, -0.1) is 11.6 Å². The molecule has 0 radical (unpaired) electrons. The second-order valence-corrected chi connectivity index (χ2v) is 2.89. The molecular formula is C10H10ClNO. The first-order chi connectivity index (χ1) is 6.24. The lowest BCUT2D eigenvalue weighted by Crippen LogP contribution is -1.85. The van der Waals surface area contributed by atoms with E-state index in [2.05, 4.69) is 11.8 Å². The number of benzene rings is 1. The number of rotatable bonds is 1. The fourth-order valence-electron chi connectivity index (χ4n) is 0.833. The standard InChI is InChI=1S/C10H10ClNO/c11-6-2-1-3-8-4-5-9(12)10(13)7-8/h4-5,7,13H,2,6,12H2. The number of phenolic OH excluding ortho intramolecular Hbond substituents is 1. The molecule has 1 aromatic carbocycles. The Morgan fingerprint density at radius 1 is 1.46 bits per heavy atom. The Morgan fingerprint density at radius 3 is 2.85 bits per heavy atom. The van der Waals surface area contributed by atoms with E-state index in [4.69, 9.17) is 17.3 Å². The van der Waals surface area contributed by atoms with Crippen molar-refractivity contribution in [2.45, 2.75) is 6.42 Å². The molecule has 0 aliphatic rings. The van der Waals surface area contributed by atoms with Gasteiger partial charge >= 0.3 is 0 Å². The third-order valence-electron chi connectivity index (χ3n) is 1.48. The number of hydrogen-bond donors (Lipinski definition) is 2. The topological polar surface area (TPSA) is 46.2 Å². The molecule has 1 rings (SSSR count). The van der Waals surface area contributed by atoms with Crippen LogP contribution in [-0.2, 0) is 0 Å². The van der Waals surface area contributed by atoms with Crippen molar-refractivity contribution < 1.29 is 5.11 Å². The second kappa shape index (κ2) is 4.64. The highest BCUT2D eigenvalue weighted by Crippen LogP contribution is 2.19. The van der Waals surface area contributed by atoms with Gasteiger partial charge in [0.1, 0.15) is 5.75 Å². The summed E-state index contributed by atoms with van der Waals surface area (Å²) in [6.45, 7) is 0. The van der Waals surface area contributed by atoms with Crippen LogP contribution in [0.1, 0.15) is 12.0 Å². The maximum Gasteiger partial charge on any atom is 0.139 e. The molecular weight excluding hydrogens is 186 g/mol. The van der Waals surface area contributed by atoms with Crippen LogP contribution >= 0.6 is 11.6 Å². The molecule has 3 N–H and O–H groups in total. The number of nitrogens with two attached hydrogens (primary N) is 1. The van der Waals surface area contributed by atoms with Gasteiger partial charge in [0.25, 0.3) is 0 Å². The maximum absolute atomic E-state index is 9.24. The van der Waals surface area contributed by atoms with E-state index in [-0.39, 0.29) is 5.75 Å². The molecule has 0 bridgehead atoms. The van der Waals surface area contributed by atoms with Gasteiger partial charge in [-0.1, -0.05) is 11.8 Å². The van der Waals surface area contributed by atoms with Crippen LogP contribution in [0.25, 0.3) is 0 Å². The van der Waals surface area contributed by atoms with E-state index in [0.29, 0.717) is 18.0 Å². The summed E-state index contributed by atoms with van der Waals surface area (Å²) in [6.07, 6.45) is 0.646. The van der Waals surface area contributed by atoms with Gasteiger partial charge in [-0.3, -0.25) is 0 Å². The Kier molecular flexibility index (Phi) is 3.48. The Balaban J connectivity index is 2.81. The minimum atomic E-state index is 0.0673. The molecule has 0 fully saturated rings. The molecule has 0 unspecified atom stereocenters. The number of hydrogen-bond acceptors (Lipinski definition) is 2. The molecule has 0 aliphatic heterocycles. The molecule has 0 amide bonds. The van der Waals surface area contributed by atoms with Crippen LogP contribution in [0.3, 0.4) is 0 Å². The first kappa shape index (κ1) is 9.76. The monoisotopic (exact) mass is 195 g/mol. The van der Waals surface area contributed by atoms with Gasteiger partial charge in [0.2, 0.25) is 0 Å². The number of aromatic hydroxyl groups is 1. The molecule has 0 aliphatic carbocycles. The van der Waals surface area contributed by atoms with Crippen LogP contribution in [0.15, 0.2) is 18.2 Å². The third-order valence-corrected chi connectivity index (χ3v) is 1.67. The predicted molar refractivity (Wildman–Crippen MR) is 54.7 cm³/mol. The fraction of sp³-hybridized carbons (Fsp3) is 0.200. The van der Waals surface area contributed by atoms with Crippen molar-refractivity contribution in [3.05, 3.63) is 23.8 Å². The van der Waals surface area contributed by atoms with Gasteiger partial charge in [-0.05, 0) is 18.2 Å². The van der Waals surface area contributed by atoms with E-state index in [1.54, 1.807) is 12.1 Å². The van der Waals surface area contributed by atoms with Crippen LogP contribution in [0.2, 0.25) is 0 Å². The van der Waals surface area contributed by atoms with Gasteiger partial charge in [0.05, 0.1) is 5.69 Å². The lowest BCUT2D eigenvalue weighted by Gasteiger charge is -1.97. The van der Waals surface area contributed by atoms with Crippen molar-refractivity contribution in [3.8, 4) is 17.6 Å². The average molecular weight is 196 g/mol. The summed E-state index contributed by atoms with van der Waals surface area (Å²) in [7, 11) is 0. The molecule has 0 heterocycles. The SMILES string of the molecule is Nc1ccc(C#CCCCl)cc1O. The van der Waals surface area contributed by atoms with Crippen molar-refractivity contribution >= 4 is 17.3 Å². The molecule has 68 valence electrons. The number of halogens is 1. The van der Waals surface area contributed by atoms with E-state index in [9.17, 15) is 5.11 Å². The Hall–Kier alpha value is -1.33. The zero-order chi connectivity index (χ0) is 9.68. The molecule has 0 spiro atoms. The Morgan fingerprint density at radius 2 is 2.23 bits per heavy atom. The molecule has 0 aromatic heterocycles. The highest BCUT2D eigenvalue weighted by Gasteiger charge is 1.95. The third kappa shape index (κ3) is 2.89. The van der Waals surface area contributed by atoms with Gasteiger partial charge in [-0.2, -0.15) is 0 Å². The molecule has 3 heteroatoms. The lowest BCUT2D eigenvalue weighted by atomic mass is 10.2. The van der Waals surface area contributed by atoms with Crippen molar-refractivity contribution in [2.24, 2.45) is 0 Å². The lowest BCUT2D eigenvalue weighted by molar-refractivity contribution is 0.478. The Bertz CT molecular complexity index is 352. The first-order valence-electron chi connectivity index (χ1n) is 3.87. The quantitative estimate of drug-likeness (QED) is 0.312. The molecule has 13 heavy (non-hydrogen) atoms. The number of nitrogen functional groups attached to an aromatic ring is 1. The highest BCUT2D eigenvalue weighted by molar-refractivity contribution is 6.18. The molecule has 1 aromatic rings. The molecule has 0 atom stereocenters. The molecule has 0 saturated heterocycles. The summed E-state index contributed by atoms with van der Waals surface area (Å²) >= 11 is 5.45. The van der Waals surface area contributed by atoms with E-state index >= 15 is 0 Å². The summed E-state index contributed by atoms with van der Waals surface area (Å²) in [5.74, 6) is 6.32. The van der Waals surface area contributed by atoms with E-state index in [0.717, 1.165) is 5.56 Å². The van der Waals surface area contributed by atoms with Crippen LogP contribution in [-0.4, -0.2) is 11.0 Å². The minimum absolute atomic E-state index is 0.0673. The van der Waals surface area contributed by atoms with Gasteiger partial charge in [0.15, 0.2) is 0 Å². The summed E-state index contributed by atoms with van der Waals surface area (Å²) < 4.78 is 0. The van der Waals surface area contributed by atoms with Crippen molar-refractivity contribution in [2.75, 3.05) is 11.6 Å². The van der Waals surface area contributed by atoms with Gasteiger partial charge in [-0.25, -0.2) is 0 Å². The zero-order valence-corrected chi connectivity index (χ0v) is 7.80. The molecule has 0 saturated carbocycles. The normalized spacial score (nSPS) is 9.00. The van der Waals surface area contributed by atoms with Crippen LogP contribution in [0.4, 0.5) is 5.69 Å². The number of anilines is 1. The van der Waals surface area contributed by atoms with E-state index in [1.807, 2.05) is 0 Å². The van der Waals surface area contributed by atoms with Gasteiger partial charge in [0, 0.05) is 17.9 Å². The fourth-order valence-corrected chi connectivity index (χ4v) is 0.928. The minimum Gasteiger partial charge on any atom is -0.506 e. The van der Waals surface area contributed by atoms with Gasteiger partial charge < -0.3 is 10.8 Å². The summed E-state index contributed by atoms with van der Waals surface area (Å²) in [6, 6.07) is 4.92.